The summed E-state index contributed by atoms with van der Waals surface area (Å²) in [4.78, 5) is 3.71. The molecule has 2 heterocycles. The van der Waals surface area contributed by atoms with Gasteiger partial charge in [-0.05, 0) is 13.0 Å². The number of pyridine rings is 1. The summed E-state index contributed by atoms with van der Waals surface area (Å²) in [5.74, 6) is 0. The Morgan fingerprint density at radius 1 is 1.44 bits per heavy atom. The molecule has 18 heavy (non-hydrogen) atoms. The first-order valence-corrected chi connectivity index (χ1v) is 6.61. The molecule has 0 spiro atoms. The number of sulfonamides is 1. The Morgan fingerprint density at radius 3 is 2.72 bits per heavy atom. The van der Waals surface area contributed by atoms with Crippen LogP contribution in [0.25, 0.3) is 0 Å². The summed E-state index contributed by atoms with van der Waals surface area (Å²) in [6.07, 6.45) is 4.23. The Hall–Kier alpha value is -2.09. The molecular formula is C10H13N5O2S. The third-order valence-electron chi connectivity index (χ3n) is 2.36. The number of nitrogens with two attached hydrogens (primary N) is 1. The van der Waals surface area contributed by atoms with Gasteiger partial charge in [0.1, 0.15) is 4.90 Å². The SMILES string of the molecule is Cc1nn(C)cc1NS(=O)(=O)c1cnccc1N. The number of nitrogens with zero attached hydrogens (tertiary/aromatic N) is 3. The molecule has 0 aliphatic carbocycles. The summed E-state index contributed by atoms with van der Waals surface area (Å²) < 4.78 is 28.2. The fourth-order valence-electron chi connectivity index (χ4n) is 1.51. The maximum atomic E-state index is 12.1. The van der Waals surface area contributed by atoms with Crippen LogP contribution in [0.4, 0.5) is 11.4 Å². The normalized spacial score (nSPS) is 11.4. The van der Waals surface area contributed by atoms with Crippen LogP contribution in [0.5, 0.6) is 0 Å². The second-order valence-electron chi connectivity index (χ2n) is 3.82. The lowest BCUT2D eigenvalue weighted by Gasteiger charge is -2.08. The predicted molar refractivity (Wildman–Crippen MR) is 67.4 cm³/mol. The first-order valence-electron chi connectivity index (χ1n) is 5.13. The molecule has 0 saturated carbocycles. The van der Waals surface area contributed by atoms with Crippen molar-refractivity contribution in [2.24, 2.45) is 7.05 Å². The van der Waals surface area contributed by atoms with E-state index in [4.69, 9.17) is 5.73 Å². The number of hydrogen-bond donors (Lipinski definition) is 2. The van der Waals surface area contributed by atoms with E-state index in [2.05, 4.69) is 14.8 Å². The molecule has 0 atom stereocenters. The minimum absolute atomic E-state index is 0.0479. The molecule has 2 aromatic rings. The van der Waals surface area contributed by atoms with Gasteiger partial charge in [-0.3, -0.25) is 14.4 Å². The second-order valence-corrected chi connectivity index (χ2v) is 5.47. The van der Waals surface area contributed by atoms with Crippen LogP contribution in [0.3, 0.4) is 0 Å². The lowest BCUT2D eigenvalue weighted by atomic mass is 10.4. The van der Waals surface area contributed by atoms with Gasteiger partial charge >= 0.3 is 0 Å². The Balaban J connectivity index is 2.39. The summed E-state index contributed by atoms with van der Waals surface area (Å²) in [7, 11) is -2.03. The molecule has 0 aliphatic heterocycles. The van der Waals surface area contributed by atoms with E-state index in [9.17, 15) is 8.42 Å². The zero-order valence-electron chi connectivity index (χ0n) is 9.95. The van der Waals surface area contributed by atoms with Crippen LogP contribution in [0.15, 0.2) is 29.6 Å². The van der Waals surface area contributed by atoms with Crippen LogP contribution in [-0.4, -0.2) is 23.2 Å². The number of hydrogen-bond acceptors (Lipinski definition) is 5. The fourth-order valence-corrected chi connectivity index (χ4v) is 2.69. The first kappa shape index (κ1) is 12.4. The summed E-state index contributed by atoms with van der Waals surface area (Å²) in [6.45, 7) is 1.71. The lowest BCUT2D eigenvalue weighted by molar-refractivity contribution is 0.601. The maximum Gasteiger partial charge on any atom is 0.265 e. The Labute approximate surface area is 105 Å². The zero-order valence-corrected chi connectivity index (χ0v) is 10.8. The summed E-state index contributed by atoms with van der Waals surface area (Å²) >= 11 is 0. The average molecular weight is 267 g/mol. The van der Waals surface area contributed by atoms with E-state index in [1.165, 1.54) is 23.1 Å². The predicted octanol–water partition coefficient (Wildman–Crippen LogP) is 0.507. The molecule has 0 aromatic carbocycles. The first-order chi connectivity index (χ1) is 8.40. The summed E-state index contributed by atoms with van der Waals surface area (Å²) in [5.41, 5.74) is 6.78. The van der Waals surface area contributed by atoms with Crippen molar-refractivity contribution in [1.82, 2.24) is 14.8 Å². The molecule has 0 unspecified atom stereocenters. The number of anilines is 2. The highest BCUT2D eigenvalue weighted by molar-refractivity contribution is 7.92. The highest BCUT2D eigenvalue weighted by atomic mass is 32.2. The van der Waals surface area contributed by atoms with Gasteiger partial charge in [-0.1, -0.05) is 0 Å². The third-order valence-corrected chi connectivity index (χ3v) is 3.77. The van der Waals surface area contributed by atoms with E-state index in [1.54, 1.807) is 20.2 Å². The Bertz CT molecular complexity index is 677. The lowest BCUT2D eigenvalue weighted by Crippen LogP contribution is -2.15. The van der Waals surface area contributed by atoms with Crippen LogP contribution in [-0.2, 0) is 17.1 Å². The van der Waals surface area contributed by atoms with Gasteiger partial charge in [0.2, 0.25) is 0 Å². The van der Waals surface area contributed by atoms with Crippen molar-refractivity contribution in [3.63, 3.8) is 0 Å². The molecule has 2 rings (SSSR count). The van der Waals surface area contributed by atoms with Gasteiger partial charge in [0.25, 0.3) is 10.0 Å². The number of nitrogens with one attached hydrogen (secondary N) is 1. The van der Waals surface area contributed by atoms with E-state index >= 15 is 0 Å². The smallest absolute Gasteiger partial charge is 0.265 e. The molecule has 0 aliphatic rings. The van der Waals surface area contributed by atoms with Gasteiger partial charge in [-0.25, -0.2) is 8.42 Å². The number of nitrogen functional groups attached to an aromatic ring is 1. The molecular weight excluding hydrogens is 254 g/mol. The second kappa shape index (κ2) is 4.30. The third kappa shape index (κ3) is 2.28. The van der Waals surface area contributed by atoms with Crippen LogP contribution < -0.4 is 10.5 Å². The minimum Gasteiger partial charge on any atom is -0.398 e. The van der Waals surface area contributed by atoms with Gasteiger partial charge in [-0.15, -0.1) is 0 Å². The van der Waals surface area contributed by atoms with E-state index in [0.29, 0.717) is 11.4 Å². The molecule has 0 radical (unpaired) electrons. The highest BCUT2D eigenvalue weighted by Gasteiger charge is 2.19. The van der Waals surface area contributed by atoms with Crippen molar-refractivity contribution < 1.29 is 8.42 Å². The highest BCUT2D eigenvalue weighted by Crippen LogP contribution is 2.21. The summed E-state index contributed by atoms with van der Waals surface area (Å²) in [6, 6.07) is 1.44. The van der Waals surface area contributed by atoms with Gasteiger partial charge < -0.3 is 5.73 Å². The van der Waals surface area contributed by atoms with Gasteiger partial charge in [-0.2, -0.15) is 5.10 Å². The molecule has 96 valence electrons. The van der Waals surface area contributed by atoms with Crippen molar-refractivity contribution in [3.8, 4) is 0 Å². The molecule has 7 nitrogen and oxygen atoms in total. The average Bonchev–Trinajstić information content (AvgIpc) is 2.57. The van der Waals surface area contributed by atoms with Crippen LogP contribution in [0.1, 0.15) is 5.69 Å². The standard InChI is InChI=1S/C10H13N5O2S/c1-7-9(6-15(2)13-7)14-18(16,17)10-5-12-4-3-8(10)11/h3-6,14H,1-2H3,(H2,11,12). The zero-order chi connectivity index (χ0) is 13.3. The van der Waals surface area contributed by atoms with Crippen molar-refractivity contribution >= 4 is 21.4 Å². The summed E-state index contributed by atoms with van der Waals surface area (Å²) in [5, 5.41) is 4.05. The molecule has 8 heteroatoms. The van der Waals surface area contributed by atoms with Crippen LogP contribution >= 0.6 is 0 Å². The van der Waals surface area contributed by atoms with E-state index in [-0.39, 0.29) is 10.6 Å². The van der Waals surface area contributed by atoms with Gasteiger partial charge in [0, 0.05) is 25.6 Å². The van der Waals surface area contributed by atoms with E-state index < -0.39 is 10.0 Å². The van der Waals surface area contributed by atoms with Crippen LogP contribution in [0, 0.1) is 6.92 Å². The van der Waals surface area contributed by atoms with Crippen molar-refractivity contribution in [1.29, 1.82) is 0 Å². The molecule has 2 aromatic heterocycles. The topological polar surface area (TPSA) is 103 Å². The quantitative estimate of drug-likeness (QED) is 0.843. The van der Waals surface area contributed by atoms with Gasteiger partial charge in [0.05, 0.1) is 17.1 Å². The molecule has 0 amide bonds. The molecule has 0 bridgehead atoms. The van der Waals surface area contributed by atoms with Crippen molar-refractivity contribution in [2.45, 2.75) is 11.8 Å². The van der Waals surface area contributed by atoms with Crippen LogP contribution in [0.2, 0.25) is 0 Å². The Kier molecular flexibility index (Phi) is 2.95. The largest absolute Gasteiger partial charge is 0.398 e. The molecule has 0 fully saturated rings. The minimum atomic E-state index is -3.74. The maximum absolute atomic E-state index is 12.1. The van der Waals surface area contributed by atoms with Gasteiger partial charge in [0.15, 0.2) is 0 Å². The number of aromatic nitrogens is 3. The van der Waals surface area contributed by atoms with Crippen molar-refractivity contribution in [2.75, 3.05) is 10.5 Å². The Morgan fingerprint density at radius 2 is 2.17 bits per heavy atom. The number of aryl methyl sites for hydroxylation is 2. The van der Waals surface area contributed by atoms with E-state index in [1.807, 2.05) is 0 Å². The fraction of sp³-hybridized carbons (Fsp3) is 0.200. The molecule has 3 N–H and O–H groups in total. The van der Waals surface area contributed by atoms with Crippen molar-refractivity contribution in [3.05, 3.63) is 30.4 Å². The molecule has 0 saturated heterocycles. The number of rotatable bonds is 3. The van der Waals surface area contributed by atoms with E-state index in [0.717, 1.165) is 0 Å². The monoisotopic (exact) mass is 267 g/mol.